The SMILES string of the molecule is Cc1ccc(CNC(=O)[C@H](C)OC(=O)c2c(C)nn(Cc3ccccc3)c2Cl)cc1. The zero-order chi connectivity index (χ0) is 21.7. The lowest BCUT2D eigenvalue weighted by Gasteiger charge is -2.13. The van der Waals surface area contributed by atoms with Crippen molar-refractivity contribution in [1.82, 2.24) is 15.1 Å². The summed E-state index contributed by atoms with van der Waals surface area (Å²) in [5.41, 5.74) is 3.74. The van der Waals surface area contributed by atoms with Gasteiger partial charge in [0.05, 0.1) is 12.2 Å². The number of rotatable bonds is 7. The number of amides is 1. The van der Waals surface area contributed by atoms with Crippen LogP contribution in [0.1, 0.15) is 39.7 Å². The van der Waals surface area contributed by atoms with Gasteiger partial charge in [0, 0.05) is 6.54 Å². The van der Waals surface area contributed by atoms with Crippen LogP contribution < -0.4 is 5.32 Å². The summed E-state index contributed by atoms with van der Waals surface area (Å²) in [5.74, 6) is -1.05. The molecule has 0 aliphatic rings. The van der Waals surface area contributed by atoms with E-state index >= 15 is 0 Å². The summed E-state index contributed by atoms with van der Waals surface area (Å²) in [7, 11) is 0. The maximum absolute atomic E-state index is 12.6. The molecule has 1 N–H and O–H groups in total. The fourth-order valence-corrected chi connectivity index (χ4v) is 3.27. The first-order chi connectivity index (χ1) is 14.3. The van der Waals surface area contributed by atoms with E-state index in [2.05, 4.69) is 10.4 Å². The topological polar surface area (TPSA) is 73.2 Å². The average molecular weight is 426 g/mol. The van der Waals surface area contributed by atoms with Crippen LogP contribution in [-0.4, -0.2) is 27.8 Å². The molecule has 1 amide bonds. The lowest BCUT2D eigenvalue weighted by atomic mass is 10.1. The molecule has 0 fully saturated rings. The molecule has 1 atom stereocenters. The van der Waals surface area contributed by atoms with Crippen molar-refractivity contribution in [3.05, 3.63) is 87.7 Å². The molecule has 2 aromatic carbocycles. The standard InChI is InChI=1S/C23H24ClN3O3/c1-15-9-11-18(12-10-15)13-25-22(28)17(3)30-23(29)20-16(2)26-27(21(20)24)14-19-7-5-4-6-8-19/h4-12,17H,13-14H2,1-3H3,(H,25,28)/t17-/m0/s1. The molecular formula is C23H24ClN3O3. The minimum absolute atomic E-state index is 0.172. The third-order valence-corrected chi connectivity index (χ3v) is 5.07. The third kappa shape index (κ3) is 5.27. The van der Waals surface area contributed by atoms with Gasteiger partial charge in [0.25, 0.3) is 5.91 Å². The molecule has 0 aliphatic carbocycles. The van der Waals surface area contributed by atoms with Crippen molar-refractivity contribution in [3.8, 4) is 0 Å². The van der Waals surface area contributed by atoms with Gasteiger partial charge in [-0.2, -0.15) is 5.10 Å². The fraction of sp³-hybridized carbons (Fsp3) is 0.261. The van der Waals surface area contributed by atoms with Crippen molar-refractivity contribution < 1.29 is 14.3 Å². The van der Waals surface area contributed by atoms with Crippen molar-refractivity contribution in [2.75, 3.05) is 0 Å². The molecule has 0 bridgehead atoms. The van der Waals surface area contributed by atoms with E-state index < -0.39 is 12.1 Å². The van der Waals surface area contributed by atoms with Crippen LogP contribution in [0, 0.1) is 13.8 Å². The summed E-state index contributed by atoms with van der Waals surface area (Å²) in [6, 6.07) is 17.5. The van der Waals surface area contributed by atoms with Crippen molar-refractivity contribution in [3.63, 3.8) is 0 Å². The zero-order valence-corrected chi connectivity index (χ0v) is 17.9. The van der Waals surface area contributed by atoms with Crippen molar-refractivity contribution >= 4 is 23.5 Å². The summed E-state index contributed by atoms with van der Waals surface area (Å²) < 4.78 is 6.89. The molecule has 0 spiro atoms. The monoisotopic (exact) mass is 425 g/mol. The van der Waals surface area contributed by atoms with Crippen molar-refractivity contribution in [2.45, 2.75) is 40.0 Å². The van der Waals surface area contributed by atoms with Crippen LogP contribution in [-0.2, 0) is 22.6 Å². The minimum atomic E-state index is -0.962. The van der Waals surface area contributed by atoms with Gasteiger partial charge in [0.2, 0.25) is 0 Å². The lowest BCUT2D eigenvalue weighted by Crippen LogP contribution is -2.35. The predicted octanol–water partition coefficient (Wildman–Crippen LogP) is 4.06. The molecular weight excluding hydrogens is 402 g/mol. The highest BCUT2D eigenvalue weighted by Crippen LogP contribution is 2.22. The number of nitrogens with one attached hydrogen (secondary N) is 1. The van der Waals surface area contributed by atoms with E-state index in [9.17, 15) is 9.59 Å². The summed E-state index contributed by atoms with van der Waals surface area (Å²) in [6.45, 7) is 6.00. The number of aryl methyl sites for hydroxylation is 2. The summed E-state index contributed by atoms with van der Waals surface area (Å²) >= 11 is 6.39. The highest BCUT2D eigenvalue weighted by Gasteiger charge is 2.25. The number of nitrogens with zero attached hydrogens (tertiary/aromatic N) is 2. The molecule has 0 aliphatic heterocycles. The lowest BCUT2D eigenvalue weighted by molar-refractivity contribution is -0.129. The smallest absolute Gasteiger partial charge is 0.343 e. The molecule has 6 nitrogen and oxygen atoms in total. The van der Waals surface area contributed by atoms with E-state index in [1.165, 1.54) is 6.92 Å². The van der Waals surface area contributed by atoms with Gasteiger partial charge in [0.1, 0.15) is 10.7 Å². The Kier molecular flexibility index (Phi) is 6.90. The van der Waals surface area contributed by atoms with Crippen LogP contribution in [0.2, 0.25) is 5.15 Å². The molecule has 3 rings (SSSR count). The van der Waals surface area contributed by atoms with Crippen LogP contribution in [0.25, 0.3) is 0 Å². The number of carbonyl (C=O) groups is 2. The molecule has 1 heterocycles. The number of esters is 1. The Morgan fingerprint density at radius 1 is 1.07 bits per heavy atom. The predicted molar refractivity (Wildman–Crippen MR) is 115 cm³/mol. The van der Waals surface area contributed by atoms with Gasteiger partial charge in [0.15, 0.2) is 6.10 Å². The Morgan fingerprint density at radius 3 is 2.40 bits per heavy atom. The number of benzene rings is 2. The first-order valence-electron chi connectivity index (χ1n) is 9.66. The van der Waals surface area contributed by atoms with E-state index in [0.717, 1.165) is 16.7 Å². The summed E-state index contributed by atoms with van der Waals surface area (Å²) in [4.78, 5) is 25.0. The Labute approximate surface area is 180 Å². The third-order valence-electron chi connectivity index (χ3n) is 4.69. The van der Waals surface area contributed by atoms with Gasteiger partial charge in [-0.15, -0.1) is 0 Å². The average Bonchev–Trinajstić information content (AvgIpc) is 3.01. The van der Waals surface area contributed by atoms with Crippen LogP contribution in [0.3, 0.4) is 0 Å². The van der Waals surface area contributed by atoms with Gasteiger partial charge < -0.3 is 10.1 Å². The maximum atomic E-state index is 12.6. The van der Waals surface area contributed by atoms with E-state index in [1.54, 1.807) is 11.6 Å². The van der Waals surface area contributed by atoms with Crippen molar-refractivity contribution in [1.29, 1.82) is 0 Å². The Morgan fingerprint density at radius 2 is 1.73 bits per heavy atom. The minimum Gasteiger partial charge on any atom is -0.449 e. The van der Waals surface area contributed by atoms with Crippen molar-refractivity contribution in [2.24, 2.45) is 0 Å². The summed E-state index contributed by atoms with van der Waals surface area (Å²) in [6.07, 6.45) is -0.962. The molecule has 156 valence electrons. The normalized spacial score (nSPS) is 11.7. The fourth-order valence-electron chi connectivity index (χ4n) is 2.96. The van der Waals surface area contributed by atoms with Crippen LogP contribution in [0.15, 0.2) is 54.6 Å². The molecule has 0 unspecified atom stereocenters. The van der Waals surface area contributed by atoms with Gasteiger partial charge in [-0.3, -0.25) is 4.79 Å². The second kappa shape index (κ2) is 9.59. The van der Waals surface area contributed by atoms with Gasteiger partial charge in [-0.1, -0.05) is 71.8 Å². The molecule has 3 aromatic rings. The Balaban J connectivity index is 1.62. The van der Waals surface area contributed by atoms with E-state index in [0.29, 0.717) is 18.8 Å². The molecule has 1 aromatic heterocycles. The molecule has 7 heteroatoms. The van der Waals surface area contributed by atoms with Crippen LogP contribution in [0.4, 0.5) is 0 Å². The molecule has 0 saturated heterocycles. The van der Waals surface area contributed by atoms with Gasteiger partial charge in [-0.05, 0) is 31.9 Å². The second-order valence-corrected chi connectivity index (χ2v) is 7.50. The largest absolute Gasteiger partial charge is 0.449 e. The molecule has 0 saturated carbocycles. The van der Waals surface area contributed by atoms with Gasteiger partial charge in [-0.25, -0.2) is 9.48 Å². The van der Waals surface area contributed by atoms with E-state index in [-0.39, 0.29) is 16.6 Å². The number of ether oxygens (including phenoxy) is 1. The van der Waals surface area contributed by atoms with E-state index in [4.69, 9.17) is 16.3 Å². The second-order valence-electron chi connectivity index (χ2n) is 7.15. The first-order valence-corrected chi connectivity index (χ1v) is 10.0. The maximum Gasteiger partial charge on any atom is 0.343 e. The highest BCUT2D eigenvalue weighted by molar-refractivity contribution is 6.32. The quantitative estimate of drug-likeness (QED) is 0.579. The highest BCUT2D eigenvalue weighted by atomic mass is 35.5. The zero-order valence-electron chi connectivity index (χ0n) is 17.2. The Bertz CT molecular complexity index is 1030. The van der Waals surface area contributed by atoms with Gasteiger partial charge >= 0.3 is 5.97 Å². The molecule has 30 heavy (non-hydrogen) atoms. The van der Waals surface area contributed by atoms with Crippen LogP contribution in [0.5, 0.6) is 0 Å². The van der Waals surface area contributed by atoms with Crippen LogP contribution >= 0.6 is 11.6 Å². The number of aromatic nitrogens is 2. The number of hydrogen-bond donors (Lipinski definition) is 1. The van der Waals surface area contributed by atoms with E-state index in [1.807, 2.05) is 61.5 Å². The molecule has 0 radical (unpaired) electrons. The number of hydrogen-bond acceptors (Lipinski definition) is 4. The number of halogens is 1. The first kappa shape index (κ1) is 21.6. The number of carbonyl (C=O) groups excluding carboxylic acids is 2. The summed E-state index contributed by atoms with van der Waals surface area (Å²) in [5, 5.41) is 7.31. The Hall–Kier alpha value is -3.12.